The highest BCUT2D eigenvalue weighted by molar-refractivity contribution is 6.01. The molecular formula is C23H29N3O2. The van der Waals surface area contributed by atoms with Gasteiger partial charge in [-0.15, -0.1) is 0 Å². The summed E-state index contributed by atoms with van der Waals surface area (Å²) in [7, 11) is 0. The lowest BCUT2D eigenvalue weighted by molar-refractivity contribution is -0.118. The highest BCUT2D eigenvalue weighted by Crippen LogP contribution is 2.29. The summed E-state index contributed by atoms with van der Waals surface area (Å²) in [5.74, 6) is -0.171. The van der Waals surface area contributed by atoms with Crippen molar-refractivity contribution in [1.29, 1.82) is 0 Å². The van der Waals surface area contributed by atoms with E-state index in [1.54, 1.807) is 4.90 Å². The maximum atomic E-state index is 13.2. The van der Waals surface area contributed by atoms with Crippen molar-refractivity contribution in [3.63, 3.8) is 0 Å². The molecule has 0 bridgehead atoms. The Morgan fingerprint density at radius 1 is 1.07 bits per heavy atom. The van der Waals surface area contributed by atoms with Crippen LogP contribution in [-0.2, 0) is 11.3 Å². The average Bonchev–Trinajstić information content (AvgIpc) is 2.63. The number of hydrogen-bond acceptors (Lipinski definition) is 2. The van der Waals surface area contributed by atoms with Crippen LogP contribution in [0.2, 0.25) is 0 Å². The van der Waals surface area contributed by atoms with E-state index >= 15 is 0 Å². The standard InChI is InChI=1S/C23H29N3O2/c1-16(2)22(27)24-20-8-5-6-9-21(20)26-11-7-10-25(23(26)28)15-19-13-17(3)12-18(4)14-19/h5-6,8-9,12-14,16H,7,10-11,15H2,1-4H3,(H,24,27). The summed E-state index contributed by atoms with van der Waals surface area (Å²) in [6, 6.07) is 13.9. The zero-order valence-electron chi connectivity index (χ0n) is 17.2. The molecule has 0 radical (unpaired) electrons. The number of benzene rings is 2. The van der Waals surface area contributed by atoms with Crippen LogP contribution < -0.4 is 10.2 Å². The molecule has 1 aliphatic rings. The summed E-state index contributed by atoms with van der Waals surface area (Å²) in [6.45, 7) is 9.85. The summed E-state index contributed by atoms with van der Waals surface area (Å²) < 4.78 is 0. The van der Waals surface area contributed by atoms with Gasteiger partial charge in [0.25, 0.3) is 0 Å². The van der Waals surface area contributed by atoms with Gasteiger partial charge < -0.3 is 10.2 Å². The quantitative estimate of drug-likeness (QED) is 0.816. The summed E-state index contributed by atoms with van der Waals surface area (Å²) in [5.41, 5.74) is 5.00. The maximum absolute atomic E-state index is 13.2. The number of nitrogens with zero attached hydrogens (tertiary/aromatic N) is 2. The molecule has 0 aromatic heterocycles. The molecule has 0 unspecified atom stereocenters. The zero-order valence-corrected chi connectivity index (χ0v) is 17.2. The highest BCUT2D eigenvalue weighted by atomic mass is 16.2. The van der Waals surface area contributed by atoms with E-state index < -0.39 is 0 Å². The zero-order chi connectivity index (χ0) is 20.3. The molecule has 1 aliphatic heterocycles. The molecule has 1 heterocycles. The smallest absolute Gasteiger partial charge is 0.324 e. The van der Waals surface area contributed by atoms with Crippen molar-refractivity contribution in [1.82, 2.24) is 4.90 Å². The van der Waals surface area contributed by atoms with Crippen LogP contribution in [0.4, 0.5) is 16.2 Å². The van der Waals surface area contributed by atoms with Crippen molar-refractivity contribution in [3.8, 4) is 0 Å². The van der Waals surface area contributed by atoms with Gasteiger partial charge in [0.1, 0.15) is 0 Å². The molecule has 5 heteroatoms. The number of aryl methyl sites for hydroxylation is 2. The molecule has 3 amide bonds. The second kappa shape index (κ2) is 8.46. The molecule has 3 rings (SSSR count). The number of nitrogens with one attached hydrogen (secondary N) is 1. The molecule has 5 nitrogen and oxygen atoms in total. The van der Waals surface area contributed by atoms with Gasteiger partial charge in [0, 0.05) is 25.6 Å². The minimum absolute atomic E-state index is 0.0170. The van der Waals surface area contributed by atoms with Crippen LogP contribution in [0.15, 0.2) is 42.5 Å². The van der Waals surface area contributed by atoms with Crippen LogP contribution in [0.3, 0.4) is 0 Å². The van der Waals surface area contributed by atoms with Crippen LogP contribution in [0, 0.1) is 19.8 Å². The normalized spacial score (nSPS) is 14.5. The predicted octanol–water partition coefficient (Wildman–Crippen LogP) is 4.73. The third kappa shape index (κ3) is 4.53. The second-order valence-corrected chi connectivity index (χ2v) is 7.87. The molecule has 148 valence electrons. The van der Waals surface area contributed by atoms with Gasteiger partial charge in [0.2, 0.25) is 5.91 Å². The Labute approximate surface area is 167 Å². The average molecular weight is 380 g/mol. The number of carbonyl (C=O) groups is 2. The number of carbonyl (C=O) groups excluding carboxylic acids is 2. The van der Waals surface area contributed by atoms with Crippen LogP contribution >= 0.6 is 0 Å². The minimum atomic E-state index is -0.119. The van der Waals surface area contributed by atoms with E-state index in [4.69, 9.17) is 0 Å². The lowest BCUT2D eigenvalue weighted by atomic mass is 10.1. The third-order valence-electron chi connectivity index (χ3n) is 4.94. The lowest BCUT2D eigenvalue weighted by Crippen LogP contribution is -2.49. The maximum Gasteiger partial charge on any atom is 0.324 e. The van der Waals surface area contributed by atoms with Crippen LogP contribution in [0.1, 0.15) is 37.0 Å². The minimum Gasteiger partial charge on any atom is -0.324 e. The fourth-order valence-corrected chi connectivity index (χ4v) is 3.62. The third-order valence-corrected chi connectivity index (χ3v) is 4.94. The summed E-state index contributed by atoms with van der Waals surface area (Å²) in [6.07, 6.45) is 0.892. The Morgan fingerprint density at radius 2 is 1.75 bits per heavy atom. The molecular weight excluding hydrogens is 350 g/mol. The van der Waals surface area contributed by atoms with Crippen molar-refractivity contribution in [2.75, 3.05) is 23.3 Å². The van der Waals surface area contributed by atoms with Gasteiger partial charge in [-0.2, -0.15) is 0 Å². The molecule has 0 aliphatic carbocycles. The molecule has 0 atom stereocenters. The van der Waals surface area contributed by atoms with Crippen molar-refractivity contribution < 1.29 is 9.59 Å². The SMILES string of the molecule is Cc1cc(C)cc(CN2CCCN(c3ccccc3NC(=O)C(C)C)C2=O)c1. The first-order valence-corrected chi connectivity index (χ1v) is 9.88. The van der Waals surface area contributed by atoms with Gasteiger partial charge in [0.05, 0.1) is 11.4 Å². The van der Waals surface area contributed by atoms with E-state index in [1.165, 1.54) is 11.1 Å². The summed E-state index contributed by atoms with van der Waals surface area (Å²) in [4.78, 5) is 29.1. The Hall–Kier alpha value is -2.82. The largest absolute Gasteiger partial charge is 0.324 e. The highest BCUT2D eigenvalue weighted by Gasteiger charge is 2.28. The van der Waals surface area contributed by atoms with Crippen molar-refractivity contribution in [3.05, 3.63) is 59.2 Å². The van der Waals surface area contributed by atoms with Crippen molar-refractivity contribution in [2.45, 2.75) is 40.7 Å². The topological polar surface area (TPSA) is 52.6 Å². The van der Waals surface area contributed by atoms with Crippen LogP contribution in [0.25, 0.3) is 0 Å². The number of amides is 3. The fraction of sp³-hybridized carbons (Fsp3) is 0.391. The number of para-hydroxylation sites is 2. The van der Waals surface area contributed by atoms with Crippen molar-refractivity contribution in [2.24, 2.45) is 5.92 Å². The summed E-state index contributed by atoms with van der Waals surface area (Å²) >= 11 is 0. The Bertz CT molecular complexity index is 856. The molecule has 1 saturated heterocycles. The van der Waals surface area contributed by atoms with Gasteiger partial charge in [-0.3, -0.25) is 9.69 Å². The number of urea groups is 1. The molecule has 28 heavy (non-hydrogen) atoms. The Morgan fingerprint density at radius 3 is 2.43 bits per heavy atom. The Kier molecular flexibility index (Phi) is 6.02. The van der Waals surface area contributed by atoms with Gasteiger partial charge >= 0.3 is 6.03 Å². The molecule has 0 spiro atoms. The first-order chi connectivity index (χ1) is 13.3. The fourth-order valence-electron chi connectivity index (χ4n) is 3.62. The van der Waals surface area contributed by atoms with Gasteiger partial charge in [-0.1, -0.05) is 55.3 Å². The van der Waals surface area contributed by atoms with Crippen LogP contribution in [-0.4, -0.2) is 29.9 Å². The van der Waals surface area contributed by atoms with E-state index in [0.29, 0.717) is 18.8 Å². The van der Waals surface area contributed by atoms with E-state index in [1.807, 2.05) is 43.0 Å². The number of anilines is 2. The lowest BCUT2D eigenvalue weighted by Gasteiger charge is -2.36. The van der Waals surface area contributed by atoms with Gasteiger partial charge in [0.15, 0.2) is 0 Å². The molecule has 2 aromatic carbocycles. The van der Waals surface area contributed by atoms with E-state index in [0.717, 1.165) is 24.2 Å². The molecule has 0 saturated carbocycles. The predicted molar refractivity (Wildman–Crippen MR) is 114 cm³/mol. The van der Waals surface area contributed by atoms with Crippen LogP contribution in [0.5, 0.6) is 0 Å². The first kappa shape index (κ1) is 19.9. The molecule has 1 fully saturated rings. The van der Waals surface area contributed by atoms with Gasteiger partial charge in [-0.25, -0.2) is 4.79 Å². The molecule has 2 aromatic rings. The monoisotopic (exact) mass is 379 g/mol. The first-order valence-electron chi connectivity index (χ1n) is 9.88. The summed E-state index contributed by atoms with van der Waals surface area (Å²) in [5, 5.41) is 2.96. The molecule has 1 N–H and O–H groups in total. The van der Waals surface area contributed by atoms with E-state index in [-0.39, 0.29) is 17.9 Å². The number of hydrogen-bond donors (Lipinski definition) is 1. The number of rotatable bonds is 5. The van der Waals surface area contributed by atoms with Gasteiger partial charge in [-0.05, 0) is 38.0 Å². The van der Waals surface area contributed by atoms with Crippen molar-refractivity contribution >= 4 is 23.3 Å². The Balaban J connectivity index is 1.82. The van der Waals surface area contributed by atoms with E-state index in [9.17, 15) is 9.59 Å². The second-order valence-electron chi connectivity index (χ2n) is 7.87. The van der Waals surface area contributed by atoms with E-state index in [2.05, 4.69) is 37.4 Å².